The van der Waals surface area contributed by atoms with Crippen molar-refractivity contribution in [2.45, 2.75) is 51.4 Å². The number of hydrogen-bond acceptors (Lipinski definition) is 6. The Labute approximate surface area is 147 Å². The van der Waals surface area contributed by atoms with E-state index in [-0.39, 0.29) is 0 Å². The van der Waals surface area contributed by atoms with Crippen molar-refractivity contribution in [3.8, 4) is 5.88 Å². The maximum Gasteiger partial charge on any atom is 0.257 e. The van der Waals surface area contributed by atoms with Gasteiger partial charge in [-0.05, 0) is 45.4 Å². The summed E-state index contributed by atoms with van der Waals surface area (Å²) in [5, 5.41) is 1.33. The van der Waals surface area contributed by atoms with E-state index >= 15 is 0 Å². The first-order chi connectivity index (χ1) is 11.8. The average Bonchev–Trinajstić information content (AvgIpc) is 3.07. The van der Waals surface area contributed by atoms with E-state index in [9.17, 15) is 0 Å². The van der Waals surface area contributed by atoms with E-state index in [1.807, 2.05) is 18.3 Å². The van der Waals surface area contributed by atoms with Crippen LogP contribution in [0.3, 0.4) is 0 Å². The third-order valence-corrected chi connectivity index (χ3v) is 6.18. The molecule has 2 aromatic heterocycles. The molecule has 1 atom stereocenters. The molecule has 1 saturated heterocycles. The number of aromatic nitrogens is 3. The molecule has 0 N–H and O–H groups in total. The molecule has 24 heavy (non-hydrogen) atoms. The van der Waals surface area contributed by atoms with Crippen molar-refractivity contribution in [3.05, 3.63) is 28.0 Å². The summed E-state index contributed by atoms with van der Waals surface area (Å²) in [5.41, 5.74) is 1.37. The van der Waals surface area contributed by atoms with Crippen molar-refractivity contribution in [1.82, 2.24) is 15.0 Å². The molecule has 1 aliphatic heterocycles. The summed E-state index contributed by atoms with van der Waals surface area (Å²) in [5.74, 6) is 2.04. The topological polar surface area (TPSA) is 51.1 Å². The molecule has 1 unspecified atom stereocenters. The average molecular weight is 344 g/mol. The molecule has 1 aliphatic carbocycles. The van der Waals surface area contributed by atoms with Gasteiger partial charge >= 0.3 is 0 Å². The number of piperidine rings is 1. The summed E-state index contributed by atoms with van der Waals surface area (Å²) in [7, 11) is 0. The first-order valence-corrected chi connectivity index (χ1v) is 9.84. The van der Waals surface area contributed by atoms with Crippen LogP contribution in [0.2, 0.25) is 0 Å². The zero-order valence-electron chi connectivity index (χ0n) is 14.2. The lowest BCUT2D eigenvalue weighted by Crippen LogP contribution is -2.35. The van der Waals surface area contributed by atoms with E-state index in [0.29, 0.717) is 18.4 Å². The highest BCUT2D eigenvalue weighted by molar-refractivity contribution is 7.11. The Bertz CT molecular complexity index is 679. The van der Waals surface area contributed by atoms with Gasteiger partial charge in [0.2, 0.25) is 0 Å². The lowest BCUT2D eigenvalue weighted by atomic mass is 9.98. The fourth-order valence-corrected chi connectivity index (χ4v) is 4.97. The van der Waals surface area contributed by atoms with Gasteiger partial charge in [-0.15, -0.1) is 11.3 Å². The van der Waals surface area contributed by atoms with E-state index < -0.39 is 0 Å². The number of hydrogen-bond donors (Lipinski definition) is 0. The Morgan fingerprint density at radius 3 is 2.96 bits per heavy atom. The van der Waals surface area contributed by atoms with Crippen LogP contribution < -0.4 is 9.64 Å². The van der Waals surface area contributed by atoms with Crippen molar-refractivity contribution in [2.24, 2.45) is 0 Å². The van der Waals surface area contributed by atoms with E-state index in [4.69, 9.17) is 9.72 Å². The van der Waals surface area contributed by atoms with Crippen LogP contribution in [0, 0.1) is 0 Å². The quantitative estimate of drug-likeness (QED) is 0.848. The van der Waals surface area contributed by atoms with Crippen molar-refractivity contribution in [3.63, 3.8) is 0 Å². The van der Waals surface area contributed by atoms with Crippen molar-refractivity contribution in [2.75, 3.05) is 24.6 Å². The molecule has 0 amide bonds. The number of ether oxygens (including phenoxy) is 1. The van der Waals surface area contributed by atoms with Gasteiger partial charge in [-0.25, -0.2) is 15.0 Å². The van der Waals surface area contributed by atoms with Gasteiger partial charge in [0.25, 0.3) is 5.88 Å². The SMILES string of the molecule is CCOc1nccnc1N1CCCC(c2nc3c(s2)CCCC3)C1. The van der Waals surface area contributed by atoms with E-state index in [1.54, 1.807) is 12.4 Å². The zero-order valence-corrected chi connectivity index (χ0v) is 15.0. The van der Waals surface area contributed by atoms with Crippen LogP contribution in [0.1, 0.15) is 54.1 Å². The van der Waals surface area contributed by atoms with Crippen LogP contribution in [0.25, 0.3) is 0 Å². The Balaban J connectivity index is 1.55. The van der Waals surface area contributed by atoms with Crippen molar-refractivity contribution in [1.29, 1.82) is 0 Å². The monoisotopic (exact) mass is 344 g/mol. The highest BCUT2D eigenvalue weighted by atomic mass is 32.1. The fourth-order valence-electron chi connectivity index (χ4n) is 3.69. The van der Waals surface area contributed by atoms with Crippen molar-refractivity contribution < 1.29 is 4.74 Å². The molecule has 4 rings (SSSR count). The van der Waals surface area contributed by atoms with Gasteiger partial charge in [-0.1, -0.05) is 0 Å². The molecule has 2 aromatic rings. The second kappa shape index (κ2) is 7.05. The minimum Gasteiger partial charge on any atom is -0.475 e. The van der Waals surface area contributed by atoms with Crippen LogP contribution in [0.5, 0.6) is 5.88 Å². The molecular weight excluding hydrogens is 320 g/mol. The molecule has 0 saturated carbocycles. The van der Waals surface area contributed by atoms with Crippen LogP contribution in [0.15, 0.2) is 12.4 Å². The Hall–Kier alpha value is -1.69. The number of thiazole rings is 1. The van der Waals surface area contributed by atoms with Gasteiger partial charge in [-0.2, -0.15) is 0 Å². The van der Waals surface area contributed by atoms with Gasteiger partial charge in [0, 0.05) is 36.3 Å². The Morgan fingerprint density at radius 2 is 2.08 bits per heavy atom. The molecule has 0 spiro atoms. The third kappa shape index (κ3) is 3.11. The lowest BCUT2D eigenvalue weighted by molar-refractivity contribution is 0.324. The van der Waals surface area contributed by atoms with Crippen LogP contribution in [-0.4, -0.2) is 34.6 Å². The molecular formula is C18H24N4OS. The zero-order chi connectivity index (χ0) is 16.4. The largest absolute Gasteiger partial charge is 0.475 e. The fraction of sp³-hybridized carbons (Fsp3) is 0.611. The molecule has 2 aliphatic rings. The summed E-state index contributed by atoms with van der Waals surface area (Å²) in [6.45, 7) is 4.57. The molecule has 3 heterocycles. The highest BCUT2D eigenvalue weighted by Crippen LogP contribution is 2.36. The molecule has 5 nitrogen and oxygen atoms in total. The second-order valence-electron chi connectivity index (χ2n) is 6.53. The van der Waals surface area contributed by atoms with Gasteiger partial charge < -0.3 is 9.64 Å². The summed E-state index contributed by atoms with van der Waals surface area (Å²) in [4.78, 5) is 17.7. The predicted octanol–water partition coefficient (Wildman–Crippen LogP) is 3.59. The summed E-state index contributed by atoms with van der Waals surface area (Å²) < 4.78 is 5.67. The van der Waals surface area contributed by atoms with Crippen LogP contribution in [-0.2, 0) is 12.8 Å². The first kappa shape index (κ1) is 15.8. The number of fused-ring (bicyclic) bond motifs is 1. The first-order valence-electron chi connectivity index (χ1n) is 9.02. The molecule has 0 radical (unpaired) electrons. The number of rotatable bonds is 4. The van der Waals surface area contributed by atoms with Gasteiger partial charge in [0.05, 0.1) is 17.3 Å². The Kier molecular flexibility index (Phi) is 4.65. The summed E-state index contributed by atoms with van der Waals surface area (Å²) in [6, 6.07) is 0. The predicted molar refractivity (Wildman–Crippen MR) is 96.1 cm³/mol. The van der Waals surface area contributed by atoms with Gasteiger partial charge in [0.15, 0.2) is 5.82 Å². The standard InChI is InChI=1S/C18H24N4OS/c1-2-23-17-16(19-9-10-20-17)22-11-5-6-13(12-22)18-21-14-7-3-4-8-15(14)24-18/h9-10,13H,2-8,11-12H2,1H3. The smallest absolute Gasteiger partial charge is 0.257 e. The van der Waals surface area contributed by atoms with E-state index in [1.165, 1.54) is 47.7 Å². The van der Waals surface area contributed by atoms with Crippen LogP contribution >= 0.6 is 11.3 Å². The normalized spacial score (nSPS) is 20.7. The second-order valence-corrected chi connectivity index (χ2v) is 7.65. The number of nitrogens with zero attached hydrogens (tertiary/aromatic N) is 4. The molecule has 6 heteroatoms. The Morgan fingerprint density at radius 1 is 1.21 bits per heavy atom. The van der Waals surface area contributed by atoms with Crippen molar-refractivity contribution >= 4 is 17.2 Å². The number of aryl methyl sites for hydroxylation is 2. The summed E-state index contributed by atoms with van der Waals surface area (Å²) in [6.07, 6.45) is 10.8. The highest BCUT2D eigenvalue weighted by Gasteiger charge is 2.28. The van der Waals surface area contributed by atoms with Gasteiger partial charge in [0.1, 0.15) is 0 Å². The minimum atomic E-state index is 0.505. The summed E-state index contributed by atoms with van der Waals surface area (Å²) >= 11 is 1.95. The van der Waals surface area contributed by atoms with E-state index in [2.05, 4.69) is 14.9 Å². The number of anilines is 1. The molecule has 1 fully saturated rings. The maximum absolute atomic E-state index is 5.67. The molecule has 0 aromatic carbocycles. The third-order valence-electron chi connectivity index (χ3n) is 4.86. The van der Waals surface area contributed by atoms with Crippen LogP contribution in [0.4, 0.5) is 5.82 Å². The molecule has 0 bridgehead atoms. The molecule has 128 valence electrons. The van der Waals surface area contributed by atoms with E-state index in [0.717, 1.165) is 25.3 Å². The lowest BCUT2D eigenvalue weighted by Gasteiger charge is -2.33. The van der Waals surface area contributed by atoms with Gasteiger partial charge in [-0.3, -0.25) is 0 Å². The minimum absolute atomic E-state index is 0.505. The maximum atomic E-state index is 5.67.